The van der Waals surface area contributed by atoms with Crippen LogP contribution in [0, 0.1) is 5.41 Å². The van der Waals surface area contributed by atoms with Gasteiger partial charge < -0.3 is 5.73 Å². The van der Waals surface area contributed by atoms with Gasteiger partial charge in [-0.2, -0.15) is 0 Å². The number of hydrogen-bond donors (Lipinski definition) is 1. The lowest BCUT2D eigenvalue weighted by Crippen LogP contribution is -2.45. The molecule has 2 rings (SSSR count). The fourth-order valence-corrected chi connectivity index (χ4v) is 3.17. The van der Waals surface area contributed by atoms with Crippen molar-refractivity contribution >= 4 is 0 Å². The minimum Gasteiger partial charge on any atom is -0.321 e. The molecular formula is C17H27N. The van der Waals surface area contributed by atoms with Gasteiger partial charge in [0.25, 0.3) is 0 Å². The zero-order valence-corrected chi connectivity index (χ0v) is 12.5. The van der Waals surface area contributed by atoms with Gasteiger partial charge in [0.05, 0.1) is 0 Å². The maximum atomic E-state index is 6.72. The van der Waals surface area contributed by atoms with E-state index in [-0.39, 0.29) is 16.4 Å². The minimum atomic E-state index is -0.149. The molecule has 0 bridgehead atoms. The molecule has 1 aromatic carbocycles. The normalized spacial score (nSPS) is 27.4. The number of hydrogen-bond acceptors (Lipinski definition) is 1. The van der Waals surface area contributed by atoms with Crippen LogP contribution in [0.3, 0.4) is 0 Å². The largest absolute Gasteiger partial charge is 0.321 e. The Kier molecular flexibility index (Phi) is 3.09. The number of benzene rings is 1. The van der Waals surface area contributed by atoms with E-state index < -0.39 is 0 Å². The second-order valence-corrected chi connectivity index (χ2v) is 7.54. The van der Waals surface area contributed by atoms with Crippen molar-refractivity contribution in [2.45, 2.75) is 64.8 Å². The molecule has 0 heterocycles. The molecule has 1 aromatic rings. The molecule has 0 aromatic heterocycles. The van der Waals surface area contributed by atoms with E-state index in [1.54, 1.807) is 0 Å². The molecule has 1 nitrogen and oxygen atoms in total. The summed E-state index contributed by atoms with van der Waals surface area (Å²) < 4.78 is 0. The first-order valence-electron chi connectivity index (χ1n) is 7.07. The van der Waals surface area contributed by atoms with Crippen LogP contribution < -0.4 is 5.73 Å². The molecule has 0 radical (unpaired) electrons. The molecule has 1 atom stereocenters. The summed E-state index contributed by atoms with van der Waals surface area (Å²) in [4.78, 5) is 0. The van der Waals surface area contributed by atoms with E-state index in [0.29, 0.717) is 0 Å². The highest BCUT2D eigenvalue weighted by Gasteiger charge is 2.46. The van der Waals surface area contributed by atoms with E-state index in [4.69, 9.17) is 5.73 Å². The summed E-state index contributed by atoms with van der Waals surface area (Å²) in [6.07, 6.45) is 3.57. The first kappa shape index (κ1) is 13.6. The van der Waals surface area contributed by atoms with E-state index in [2.05, 4.69) is 58.9 Å². The third-order valence-corrected chi connectivity index (χ3v) is 4.85. The van der Waals surface area contributed by atoms with E-state index in [0.717, 1.165) is 6.42 Å². The maximum Gasteiger partial charge on any atom is 0.0461 e. The van der Waals surface area contributed by atoms with Crippen molar-refractivity contribution in [2.75, 3.05) is 0 Å². The van der Waals surface area contributed by atoms with Crippen LogP contribution in [0.1, 0.15) is 65.0 Å². The molecule has 1 unspecified atom stereocenters. The molecule has 100 valence electrons. The summed E-state index contributed by atoms with van der Waals surface area (Å²) in [5, 5.41) is 0. The van der Waals surface area contributed by atoms with Crippen LogP contribution in [0.15, 0.2) is 24.3 Å². The Balaban J connectivity index is 2.36. The van der Waals surface area contributed by atoms with Gasteiger partial charge >= 0.3 is 0 Å². The van der Waals surface area contributed by atoms with Gasteiger partial charge in [0.2, 0.25) is 0 Å². The number of nitrogens with two attached hydrogens (primary N) is 1. The summed E-state index contributed by atoms with van der Waals surface area (Å²) in [6, 6.07) is 8.98. The first-order chi connectivity index (χ1) is 8.17. The highest BCUT2D eigenvalue weighted by molar-refractivity contribution is 5.34. The Morgan fingerprint density at radius 3 is 1.94 bits per heavy atom. The van der Waals surface area contributed by atoms with Crippen molar-refractivity contribution in [3.05, 3.63) is 35.4 Å². The van der Waals surface area contributed by atoms with Crippen molar-refractivity contribution in [1.29, 1.82) is 0 Å². The molecule has 1 saturated carbocycles. The van der Waals surface area contributed by atoms with Crippen LogP contribution in [0.5, 0.6) is 0 Å². The van der Waals surface area contributed by atoms with Gasteiger partial charge in [-0.15, -0.1) is 0 Å². The number of rotatable bonds is 1. The molecule has 1 fully saturated rings. The predicted molar refractivity (Wildman–Crippen MR) is 78.6 cm³/mol. The van der Waals surface area contributed by atoms with Crippen LogP contribution in [-0.2, 0) is 11.0 Å². The van der Waals surface area contributed by atoms with Crippen molar-refractivity contribution in [2.24, 2.45) is 11.1 Å². The van der Waals surface area contributed by atoms with E-state index >= 15 is 0 Å². The fraction of sp³-hybridized carbons (Fsp3) is 0.647. The maximum absolute atomic E-state index is 6.72. The Bertz CT molecular complexity index is 422. The van der Waals surface area contributed by atoms with Gasteiger partial charge in [-0.25, -0.2) is 0 Å². The van der Waals surface area contributed by atoms with Crippen molar-refractivity contribution < 1.29 is 0 Å². The lowest BCUT2D eigenvalue weighted by atomic mass is 9.71. The first-order valence-corrected chi connectivity index (χ1v) is 7.07. The Morgan fingerprint density at radius 1 is 1.00 bits per heavy atom. The third-order valence-electron chi connectivity index (χ3n) is 4.85. The van der Waals surface area contributed by atoms with Gasteiger partial charge in [-0.1, -0.05) is 65.3 Å². The molecule has 0 amide bonds. The zero-order valence-electron chi connectivity index (χ0n) is 12.5. The van der Waals surface area contributed by atoms with Crippen molar-refractivity contribution in [3.63, 3.8) is 0 Å². The predicted octanol–water partition coefficient (Wildman–Crippen LogP) is 4.35. The smallest absolute Gasteiger partial charge is 0.0461 e. The van der Waals surface area contributed by atoms with Gasteiger partial charge in [-0.05, 0) is 34.8 Å². The van der Waals surface area contributed by atoms with Crippen LogP contribution in [0.2, 0.25) is 0 Å². The van der Waals surface area contributed by atoms with E-state index in [1.807, 2.05) is 0 Å². The average Bonchev–Trinajstić information content (AvgIpc) is 2.54. The topological polar surface area (TPSA) is 26.0 Å². The summed E-state index contributed by atoms with van der Waals surface area (Å²) in [5.74, 6) is 0. The second kappa shape index (κ2) is 4.09. The lowest BCUT2D eigenvalue weighted by Gasteiger charge is -2.39. The van der Waals surface area contributed by atoms with Gasteiger partial charge in [0.1, 0.15) is 0 Å². The van der Waals surface area contributed by atoms with Crippen LogP contribution in [0.4, 0.5) is 0 Å². The third kappa shape index (κ3) is 2.09. The molecule has 0 spiro atoms. The Labute approximate surface area is 112 Å². The van der Waals surface area contributed by atoms with Crippen LogP contribution >= 0.6 is 0 Å². The zero-order chi connectivity index (χ0) is 13.6. The molecular weight excluding hydrogens is 218 g/mol. The average molecular weight is 245 g/mol. The molecule has 0 saturated heterocycles. The lowest BCUT2D eigenvalue weighted by molar-refractivity contribution is 0.210. The molecule has 0 aliphatic heterocycles. The second-order valence-electron chi connectivity index (χ2n) is 7.54. The SMILES string of the molecule is CC(C)(C)c1ccc(C2(N)CCCC2(C)C)cc1. The van der Waals surface area contributed by atoms with Gasteiger partial charge in [0, 0.05) is 5.54 Å². The molecule has 1 aliphatic rings. The Hall–Kier alpha value is -0.820. The quantitative estimate of drug-likeness (QED) is 0.782. The summed E-state index contributed by atoms with van der Waals surface area (Å²) in [7, 11) is 0. The molecule has 1 heteroatoms. The summed E-state index contributed by atoms with van der Waals surface area (Å²) in [6.45, 7) is 11.4. The van der Waals surface area contributed by atoms with Crippen LogP contribution in [-0.4, -0.2) is 0 Å². The van der Waals surface area contributed by atoms with Crippen LogP contribution in [0.25, 0.3) is 0 Å². The molecule has 2 N–H and O–H groups in total. The molecule has 18 heavy (non-hydrogen) atoms. The molecule has 1 aliphatic carbocycles. The highest BCUT2D eigenvalue weighted by Crippen LogP contribution is 2.50. The van der Waals surface area contributed by atoms with Gasteiger partial charge in [-0.3, -0.25) is 0 Å². The Morgan fingerprint density at radius 2 is 1.56 bits per heavy atom. The summed E-state index contributed by atoms with van der Waals surface area (Å²) >= 11 is 0. The standard InChI is InChI=1S/C17H27N/c1-15(2,3)13-7-9-14(10-8-13)17(18)12-6-11-16(17,4)5/h7-10H,6,11-12,18H2,1-5H3. The summed E-state index contributed by atoms with van der Waals surface area (Å²) in [5.41, 5.74) is 9.67. The van der Waals surface area contributed by atoms with Gasteiger partial charge in [0.15, 0.2) is 0 Å². The highest BCUT2D eigenvalue weighted by atomic mass is 14.8. The van der Waals surface area contributed by atoms with Crippen molar-refractivity contribution in [1.82, 2.24) is 0 Å². The van der Waals surface area contributed by atoms with E-state index in [9.17, 15) is 0 Å². The van der Waals surface area contributed by atoms with Crippen molar-refractivity contribution in [3.8, 4) is 0 Å². The van der Waals surface area contributed by atoms with E-state index in [1.165, 1.54) is 24.0 Å². The fourth-order valence-electron chi connectivity index (χ4n) is 3.17. The monoisotopic (exact) mass is 245 g/mol. The minimum absolute atomic E-state index is 0.149.